The van der Waals surface area contributed by atoms with Crippen molar-refractivity contribution in [2.75, 3.05) is 18.4 Å². The van der Waals surface area contributed by atoms with E-state index in [2.05, 4.69) is 15.4 Å². The van der Waals surface area contributed by atoms with Gasteiger partial charge in [-0.2, -0.15) is 0 Å². The SMILES string of the molecule is O=C(NCCCNS(=O)(=O)c1sccc1-c1ccccc1Oc1ccc(Cl)cc1Cl)Nc1cc(Cl)cc(Cl)c1. The summed E-state index contributed by atoms with van der Waals surface area (Å²) in [5.74, 6) is 0.828. The van der Waals surface area contributed by atoms with E-state index >= 15 is 0 Å². The second-order valence-corrected chi connectivity index (χ2v) is 12.7. The van der Waals surface area contributed by atoms with Crippen LogP contribution in [0.15, 0.2) is 76.3 Å². The van der Waals surface area contributed by atoms with Crippen LogP contribution in [0.4, 0.5) is 10.5 Å². The van der Waals surface area contributed by atoms with Gasteiger partial charge in [-0.25, -0.2) is 17.9 Å². The number of urea groups is 1. The van der Waals surface area contributed by atoms with E-state index in [4.69, 9.17) is 51.1 Å². The van der Waals surface area contributed by atoms with Crippen molar-refractivity contribution in [2.45, 2.75) is 10.6 Å². The molecule has 3 N–H and O–H groups in total. The molecule has 0 spiro atoms. The van der Waals surface area contributed by atoms with Crippen LogP contribution >= 0.6 is 57.7 Å². The molecule has 4 aromatic rings. The van der Waals surface area contributed by atoms with Crippen LogP contribution in [0.1, 0.15) is 6.42 Å². The Bertz CT molecular complexity index is 1580. The summed E-state index contributed by atoms with van der Waals surface area (Å²) in [5, 5.41) is 8.57. The predicted octanol–water partition coefficient (Wildman–Crippen LogP) is 8.31. The molecule has 0 fully saturated rings. The van der Waals surface area contributed by atoms with Crippen LogP contribution in [0.2, 0.25) is 20.1 Å². The quantitative estimate of drug-likeness (QED) is 0.151. The topological polar surface area (TPSA) is 96.5 Å². The van der Waals surface area contributed by atoms with Crippen LogP contribution < -0.4 is 20.1 Å². The molecule has 13 heteroatoms. The van der Waals surface area contributed by atoms with Gasteiger partial charge in [0.1, 0.15) is 15.7 Å². The zero-order chi connectivity index (χ0) is 28.0. The molecule has 3 aromatic carbocycles. The number of hydrogen-bond acceptors (Lipinski definition) is 5. The lowest BCUT2D eigenvalue weighted by Gasteiger charge is -2.13. The zero-order valence-corrected chi connectivity index (χ0v) is 24.7. The van der Waals surface area contributed by atoms with E-state index in [0.29, 0.717) is 54.8 Å². The molecule has 0 saturated carbocycles. The Morgan fingerprint density at radius 2 is 1.56 bits per heavy atom. The van der Waals surface area contributed by atoms with Crippen LogP contribution in [0.3, 0.4) is 0 Å². The number of benzene rings is 3. The highest BCUT2D eigenvalue weighted by atomic mass is 35.5. The molecule has 39 heavy (non-hydrogen) atoms. The van der Waals surface area contributed by atoms with Gasteiger partial charge < -0.3 is 15.4 Å². The molecule has 0 radical (unpaired) electrons. The second-order valence-electron chi connectivity index (χ2n) is 8.09. The van der Waals surface area contributed by atoms with E-state index in [1.54, 1.807) is 72.1 Å². The van der Waals surface area contributed by atoms with Gasteiger partial charge in [-0.15, -0.1) is 11.3 Å². The van der Waals surface area contributed by atoms with Gasteiger partial charge in [-0.3, -0.25) is 0 Å². The molecule has 0 aliphatic carbocycles. The number of hydrogen-bond donors (Lipinski definition) is 3. The van der Waals surface area contributed by atoms with Crippen LogP contribution in [-0.4, -0.2) is 27.5 Å². The number of rotatable bonds is 10. The van der Waals surface area contributed by atoms with Gasteiger partial charge in [0.05, 0.1) is 5.02 Å². The van der Waals surface area contributed by atoms with E-state index in [1.165, 1.54) is 0 Å². The molecule has 204 valence electrons. The van der Waals surface area contributed by atoms with Gasteiger partial charge >= 0.3 is 6.03 Å². The average molecular weight is 645 g/mol. The van der Waals surface area contributed by atoms with Crippen molar-refractivity contribution in [1.82, 2.24) is 10.0 Å². The third-order valence-corrected chi connectivity index (χ3v) is 9.13. The maximum Gasteiger partial charge on any atom is 0.319 e. The maximum atomic E-state index is 13.1. The summed E-state index contributed by atoms with van der Waals surface area (Å²) in [6.07, 6.45) is 0.360. The molecule has 2 amide bonds. The smallest absolute Gasteiger partial charge is 0.319 e. The van der Waals surface area contributed by atoms with E-state index in [0.717, 1.165) is 11.3 Å². The first kappa shape index (κ1) is 29.5. The monoisotopic (exact) mass is 643 g/mol. The first-order valence-electron chi connectivity index (χ1n) is 11.4. The van der Waals surface area contributed by atoms with Crippen molar-refractivity contribution >= 4 is 79.5 Å². The fraction of sp³-hybridized carbons (Fsp3) is 0.115. The zero-order valence-electron chi connectivity index (χ0n) is 20.0. The highest BCUT2D eigenvalue weighted by Crippen LogP contribution is 2.40. The molecule has 7 nitrogen and oxygen atoms in total. The fourth-order valence-electron chi connectivity index (χ4n) is 3.52. The van der Waals surface area contributed by atoms with E-state index in [1.807, 2.05) is 0 Å². The predicted molar refractivity (Wildman–Crippen MR) is 160 cm³/mol. The third-order valence-electron chi connectivity index (χ3n) is 5.22. The third kappa shape index (κ3) is 8.02. The van der Waals surface area contributed by atoms with E-state index in [9.17, 15) is 13.2 Å². The molecule has 0 aliphatic heterocycles. The number of para-hydroxylation sites is 1. The van der Waals surface area contributed by atoms with Crippen molar-refractivity contribution in [3.8, 4) is 22.6 Å². The largest absolute Gasteiger partial charge is 0.455 e. The first-order chi connectivity index (χ1) is 18.6. The lowest BCUT2D eigenvalue weighted by Crippen LogP contribution is -2.32. The number of carbonyl (C=O) groups excluding carboxylic acids is 1. The molecule has 1 aromatic heterocycles. The Balaban J connectivity index is 1.37. The Morgan fingerprint density at radius 3 is 2.31 bits per heavy atom. The molecule has 0 unspecified atom stereocenters. The van der Waals surface area contributed by atoms with Gasteiger partial charge in [0, 0.05) is 45.0 Å². The summed E-state index contributed by atoms with van der Waals surface area (Å²) in [6, 6.07) is 17.9. The van der Waals surface area contributed by atoms with E-state index < -0.39 is 16.1 Å². The minimum Gasteiger partial charge on any atom is -0.455 e. The minimum atomic E-state index is -3.85. The molecular weight excluding hydrogens is 624 g/mol. The maximum absolute atomic E-state index is 13.1. The highest BCUT2D eigenvalue weighted by molar-refractivity contribution is 7.91. The van der Waals surface area contributed by atoms with Crippen LogP contribution in [-0.2, 0) is 10.0 Å². The fourth-order valence-corrected chi connectivity index (χ4v) is 6.99. The molecular formula is C26H21Cl4N3O4S2. The van der Waals surface area contributed by atoms with Crippen molar-refractivity contribution < 1.29 is 17.9 Å². The standard InChI is InChI=1S/C26H21Cl4N3O4S2/c27-16-6-7-24(22(30)15-16)37-23-5-2-1-4-20(23)21-8-11-38-25(21)39(35,36)32-10-3-9-31-26(34)33-19-13-17(28)12-18(29)14-19/h1-2,4-8,11-15,32H,3,9-10H2,(H2,31,33,34). The number of carbonyl (C=O) groups is 1. The van der Waals surface area contributed by atoms with Crippen molar-refractivity contribution in [3.63, 3.8) is 0 Å². The van der Waals surface area contributed by atoms with Crippen molar-refractivity contribution in [1.29, 1.82) is 0 Å². The van der Waals surface area contributed by atoms with Gasteiger partial charge in [0.25, 0.3) is 10.0 Å². The number of thiophene rings is 1. The Kier molecular flexibility index (Phi) is 10.0. The van der Waals surface area contributed by atoms with Crippen molar-refractivity contribution in [3.05, 3.63) is 92.2 Å². The Hall–Kier alpha value is -2.50. The molecule has 1 heterocycles. The number of amides is 2. The van der Waals surface area contributed by atoms with Gasteiger partial charge in [-0.1, -0.05) is 64.6 Å². The lowest BCUT2D eigenvalue weighted by molar-refractivity contribution is 0.252. The molecule has 0 saturated heterocycles. The summed E-state index contributed by atoms with van der Waals surface area (Å²) in [7, 11) is -3.85. The summed E-state index contributed by atoms with van der Waals surface area (Å²) >= 11 is 25.2. The lowest BCUT2D eigenvalue weighted by atomic mass is 10.1. The molecule has 0 aliphatic rings. The van der Waals surface area contributed by atoms with Gasteiger partial charge in [0.15, 0.2) is 0 Å². The van der Waals surface area contributed by atoms with Gasteiger partial charge in [-0.05, 0) is 60.3 Å². The summed E-state index contributed by atoms with van der Waals surface area (Å²) in [6.45, 7) is 0.347. The number of ether oxygens (including phenoxy) is 1. The summed E-state index contributed by atoms with van der Waals surface area (Å²) in [5.41, 5.74) is 1.52. The van der Waals surface area contributed by atoms with Crippen molar-refractivity contribution in [2.24, 2.45) is 0 Å². The number of halogens is 4. The number of sulfonamides is 1. The Morgan fingerprint density at radius 1 is 0.821 bits per heavy atom. The van der Waals surface area contributed by atoms with E-state index in [-0.39, 0.29) is 17.3 Å². The minimum absolute atomic E-state index is 0.113. The molecule has 4 rings (SSSR count). The summed E-state index contributed by atoms with van der Waals surface area (Å²) < 4.78 is 35.1. The normalized spacial score (nSPS) is 11.3. The van der Waals surface area contributed by atoms with Gasteiger partial charge in [0.2, 0.25) is 0 Å². The number of nitrogens with one attached hydrogen (secondary N) is 3. The molecule has 0 atom stereocenters. The number of anilines is 1. The second kappa shape index (κ2) is 13.2. The highest BCUT2D eigenvalue weighted by Gasteiger charge is 2.23. The first-order valence-corrected chi connectivity index (χ1v) is 15.3. The summed E-state index contributed by atoms with van der Waals surface area (Å²) in [4.78, 5) is 12.1. The van der Waals surface area contributed by atoms with Crippen LogP contribution in [0, 0.1) is 0 Å². The molecule has 0 bridgehead atoms. The average Bonchev–Trinajstić information content (AvgIpc) is 3.36. The van der Waals surface area contributed by atoms with Crippen LogP contribution in [0.5, 0.6) is 11.5 Å². The van der Waals surface area contributed by atoms with Crippen LogP contribution in [0.25, 0.3) is 11.1 Å². The Labute approximate surface area is 250 Å².